The number of benzene rings is 2. The van der Waals surface area contributed by atoms with E-state index in [-0.39, 0.29) is 30.2 Å². The van der Waals surface area contributed by atoms with Crippen molar-refractivity contribution >= 4 is 17.5 Å². The van der Waals surface area contributed by atoms with Gasteiger partial charge in [-0.3, -0.25) is 9.59 Å². The Labute approximate surface area is 161 Å². The molecule has 4 heteroatoms. The summed E-state index contributed by atoms with van der Waals surface area (Å²) < 4.78 is 0. The van der Waals surface area contributed by atoms with Crippen LogP contribution in [0.3, 0.4) is 0 Å². The standard InChI is InChI=1S/C23H28N2O2/c1-16-8-7-11-21(18(16)3)25-15-20(14-22(25)26)23(27)24-17(2)12-13-19-9-5-4-6-10-19/h4-11,17,20H,12-15H2,1-3H3,(H,24,27)/t17-,20-/m0/s1. The van der Waals surface area contributed by atoms with Gasteiger partial charge in [-0.05, 0) is 56.4 Å². The molecule has 0 spiro atoms. The van der Waals surface area contributed by atoms with Gasteiger partial charge < -0.3 is 10.2 Å². The van der Waals surface area contributed by atoms with E-state index in [1.165, 1.54) is 5.56 Å². The Morgan fingerprint density at radius 2 is 1.89 bits per heavy atom. The largest absolute Gasteiger partial charge is 0.353 e. The highest BCUT2D eigenvalue weighted by molar-refractivity contribution is 6.00. The lowest BCUT2D eigenvalue weighted by atomic mass is 10.0. The van der Waals surface area contributed by atoms with Crippen LogP contribution in [0, 0.1) is 19.8 Å². The van der Waals surface area contributed by atoms with Crippen molar-refractivity contribution in [3.05, 3.63) is 65.2 Å². The van der Waals surface area contributed by atoms with Crippen LogP contribution < -0.4 is 10.2 Å². The molecular formula is C23H28N2O2. The number of hydrogen-bond acceptors (Lipinski definition) is 2. The number of carbonyl (C=O) groups is 2. The summed E-state index contributed by atoms with van der Waals surface area (Å²) in [5.41, 5.74) is 4.45. The highest BCUT2D eigenvalue weighted by Crippen LogP contribution is 2.29. The fraction of sp³-hybridized carbons (Fsp3) is 0.391. The second-order valence-corrected chi connectivity index (χ2v) is 7.56. The van der Waals surface area contributed by atoms with Gasteiger partial charge in [0.05, 0.1) is 5.92 Å². The maximum Gasteiger partial charge on any atom is 0.227 e. The highest BCUT2D eigenvalue weighted by Gasteiger charge is 2.36. The molecule has 0 unspecified atom stereocenters. The molecule has 1 saturated heterocycles. The van der Waals surface area contributed by atoms with Crippen LogP contribution >= 0.6 is 0 Å². The van der Waals surface area contributed by atoms with E-state index in [2.05, 4.69) is 17.4 Å². The number of anilines is 1. The minimum Gasteiger partial charge on any atom is -0.353 e. The summed E-state index contributed by atoms with van der Waals surface area (Å²) in [4.78, 5) is 26.9. The Morgan fingerprint density at radius 1 is 1.15 bits per heavy atom. The molecule has 0 radical (unpaired) electrons. The van der Waals surface area contributed by atoms with Crippen molar-refractivity contribution in [2.75, 3.05) is 11.4 Å². The van der Waals surface area contributed by atoms with E-state index in [0.29, 0.717) is 6.54 Å². The molecule has 2 atom stereocenters. The first-order valence-corrected chi connectivity index (χ1v) is 9.66. The molecule has 1 aliphatic rings. The van der Waals surface area contributed by atoms with E-state index in [9.17, 15) is 9.59 Å². The van der Waals surface area contributed by atoms with Crippen molar-refractivity contribution in [1.29, 1.82) is 0 Å². The van der Waals surface area contributed by atoms with Crippen LogP contribution in [0.5, 0.6) is 0 Å². The SMILES string of the molecule is Cc1cccc(N2C[C@@H](C(=O)N[C@@H](C)CCc3ccccc3)CC2=O)c1C. The Hall–Kier alpha value is -2.62. The van der Waals surface area contributed by atoms with E-state index >= 15 is 0 Å². The van der Waals surface area contributed by atoms with Crippen LogP contribution in [0.4, 0.5) is 5.69 Å². The first-order valence-electron chi connectivity index (χ1n) is 9.66. The molecule has 0 bridgehead atoms. The summed E-state index contributed by atoms with van der Waals surface area (Å²) in [5.74, 6) is -0.269. The lowest BCUT2D eigenvalue weighted by Gasteiger charge is -2.21. The second-order valence-electron chi connectivity index (χ2n) is 7.56. The third-order valence-electron chi connectivity index (χ3n) is 5.46. The molecule has 142 valence electrons. The summed E-state index contributed by atoms with van der Waals surface area (Å²) in [6, 6.07) is 16.3. The monoisotopic (exact) mass is 364 g/mol. The first kappa shape index (κ1) is 19.2. The topological polar surface area (TPSA) is 49.4 Å². The summed E-state index contributed by atoms with van der Waals surface area (Å²) in [7, 11) is 0. The Bertz CT molecular complexity index is 816. The van der Waals surface area contributed by atoms with Gasteiger partial charge >= 0.3 is 0 Å². The summed E-state index contributed by atoms with van der Waals surface area (Å²) >= 11 is 0. The zero-order chi connectivity index (χ0) is 19.4. The van der Waals surface area contributed by atoms with Gasteiger partial charge in [0, 0.05) is 24.7 Å². The number of amides is 2. The normalized spacial score (nSPS) is 17.8. The lowest BCUT2D eigenvalue weighted by Crippen LogP contribution is -2.38. The average Bonchev–Trinajstić information content (AvgIpc) is 3.05. The van der Waals surface area contributed by atoms with Gasteiger partial charge in [0.25, 0.3) is 0 Å². The minimum atomic E-state index is -0.281. The van der Waals surface area contributed by atoms with Crippen molar-refractivity contribution in [3.8, 4) is 0 Å². The van der Waals surface area contributed by atoms with E-state index in [0.717, 1.165) is 29.7 Å². The molecule has 0 saturated carbocycles. The lowest BCUT2D eigenvalue weighted by molar-refractivity contribution is -0.126. The molecule has 1 fully saturated rings. The Kier molecular flexibility index (Phi) is 5.94. The van der Waals surface area contributed by atoms with Crippen molar-refractivity contribution in [2.24, 2.45) is 5.92 Å². The molecule has 2 aromatic carbocycles. The molecular weight excluding hydrogens is 336 g/mol. The van der Waals surface area contributed by atoms with Crippen LogP contribution in [-0.4, -0.2) is 24.4 Å². The Balaban J connectivity index is 1.56. The highest BCUT2D eigenvalue weighted by atomic mass is 16.2. The molecule has 2 aromatic rings. The van der Waals surface area contributed by atoms with Gasteiger partial charge in [-0.1, -0.05) is 42.5 Å². The van der Waals surface area contributed by atoms with E-state index in [1.54, 1.807) is 4.90 Å². The number of nitrogens with zero attached hydrogens (tertiary/aromatic N) is 1. The molecule has 0 aliphatic carbocycles. The molecule has 4 nitrogen and oxygen atoms in total. The maximum atomic E-state index is 12.7. The molecule has 1 heterocycles. The van der Waals surface area contributed by atoms with Crippen LogP contribution in [0.25, 0.3) is 0 Å². The zero-order valence-corrected chi connectivity index (χ0v) is 16.4. The van der Waals surface area contributed by atoms with Crippen LogP contribution in [-0.2, 0) is 16.0 Å². The van der Waals surface area contributed by atoms with Gasteiger partial charge in [0.1, 0.15) is 0 Å². The molecule has 2 amide bonds. The van der Waals surface area contributed by atoms with E-state index < -0.39 is 0 Å². The van der Waals surface area contributed by atoms with Crippen molar-refractivity contribution in [3.63, 3.8) is 0 Å². The molecule has 0 aromatic heterocycles. The van der Waals surface area contributed by atoms with Crippen LogP contribution in [0.2, 0.25) is 0 Å². The predicted molar refractivity (Wildman–Crippen MR) is 109 cm³/mol. The summed E-state index contributed by atoms with van der Waals surface area (Å²) in [5, 5.41) is 3.09. The van der Waals surface area contributed by atoms with Gasteiger partial charge in [-0.2, -0.15) is 0 Å². The van der Waals surface area contributed by atoms with Crippen molar-refractivity contribution in [1.82, 2.24) is 5.32 Å². The predicted octanol–water partition coefficient (Wildman–Crippen LogP) is 3.79. The van der Waals surface area contributed by atoms with Gasteiger partial charge in [-0.15, -0.1) is 0 Å². The fourth-order valence-electron chi connectivity index (χ4n) is 3.60. The van der Waals surface area contributed by atoms with Crippen molar-refractivity contribution < 1.29 is 9.59 Å². The third-order valence-corrected chi connectivity index (χ3v) is 5.46. The molecule has 1 aliphatic heterocycles. The number of carbonyl (C=O) groups excluding carboxylic acids is 2. The average molecular weight is 364 g/mol. The number of rotatable bonds is 6. The summed E-state index contributed by atoms with van der Waals surface area (Å²) in [6.45, 7) is 6.55. The van der Waals surface area contributed by atoms with Crippen LogP contribution in [0.15, 0.2) is 48.5 Å². The number of aryl methyl sites for hydroxylation is 2. The van der Waals surface area contributed by atoms with Gasteiger partial charge in [-0.25, -0.2) is 0 Å². The number of hydrogen-bond donors (Lipinski definition) is 1. The maximum absolute atomic E-state index is 12.7. The fourth-order valence-corrected chi connectivity index (χ4v) is 3.60. The van der Waals surface area contributed by atoms with Gasteiger partial charge in [0.15, 0.2) is 0 Å². The molecule has 27 heavy (non-hydrogen) atoms. The van der Waals surface area contributed by atoms with E-state index in [1.807, 2.05) is 57.2 Å². The molecule has 3 rings (SSSR count). The zero-order valence-electron chi connectivity index (χ0n) is 16.4. The molecule has 1 N–H and O–H groups in total. The minimum absolute atomic E-state index is 0.0169. The van der Waals surface area contributed by atoms with Crippen molar-refractivity contribution in [2.45, 2.75) is 46.1 Å². The summed E-state index contributed by atoms with van der Waals surface area (Å²) in [6.07, 6.45) is 2.10. The van der Waals surface area contributed by atoms with E-state index in [4.69, 9.17) is 0 Å². The Morgan fingerprint density at radius 3 is 2.63 bits per heavy atom. The quantitative estimate of drug-likeness (QED) is 0.848. The van der Waals surface area contributed by atoms with Crippen LogP contribution in [0.1, 0.15) is 36.5 Å². The van der Waals surface area contributed by atoms with Gasteiger partial charge in [0.2, 0.25) is 11.8 Å². The third kappa shape index (κ3) is 4.57. The number of nitrogens with one attached hydrogen (secondary N) is 1. The smallest absolute Gasteiger partial charge is 0.227 e. The first-order chi connectivity index (χ1) is 13.0. The second kappa shape index (κ2) is 8.38.